The van der Waals surface area contributed by atoms with Crippen LogP contribution in [0.3, 0.4) is 0 Å². The van der Waals surface area contributed by atoms with Crippen molar-refractivity contribution >= 4 is 5.91 Å². The maximum absolute atomic E-state index is 13.9. The summed E-state index contributed by atoms with van der Waals surface area (Å²) in [5.74, 6) is -2.24. The number of carbonyl (C=O) groups excluding carboxylic acids is 1. The number of aliphatic hydroxyl groups is 1. The zero-order valence-corrected chi connectivity index (χ0v) is 18.9. The number of amides is 1. The predicted molar refractivity (Wildman–Crippen MR) is 124 cm³/mol. The van der Waals surface area contributed by atoms with Gasteiger partial charge >= 0.3 is 0 Å². The van der Waals surface area contributed by atoms with Crippen LogP contribution in [0, 0.1) is 17.5 Å². The average Bonchev–Trinajstić information content (AvgIpc) is 3.25. The molecule has 1 aliphatic rings. The number of hydrogen-bond acceptors (Lipinski definition) is 3. The lowest BCUT2D eigenvalue weighted by Gasteiger charge is -2.34. The van der Waals surface area contributed by atoms with E-state index >= 15 is 0 Å². The Morgan fingerprint density at radius 2 is 1.32 bits per heavy atom. The molecule has 0 radical (unpaired) electrons. The molecule has 1 N–H and O–H groups in total. The molecule has 0 unspecified atom stereocenters. The molecule has 1 aliphatic heterocycles. The summed E-state index contributed by atoms with van der Waals surface area (Å²) in [6.45, 7) is 1.66. The van der Waals surface area contributed by atoms with E-state index in [1.54, 1.807) is 48.3 Å². The Balaban J connectivity index is 1.70. The number of likely N-dealkylation sites (N-methyl/N-ethyl adjacent to an activating group) is 1. The lowest BCUT2D eigenvalue weighted by Crippen LogP contribution is -2.41. The second-order valence-electron chi connectivity index (χ2n) is 8.75. The number of nitrogens with zero attached hydrogens (tertiary/aromatic N) is 2. The summed E-state index contributed by atoms with van der Waals surface area (Å²) in [6.07, 6.45) is 0.239. The number of halogens is 3. The van der Waals surface area contributed by atoms with Crippen molar-refractivity contribution in [1.82, 2.24) is 9.80 Å². The highest BCUT2D eigenvalue weighted by atomic mass is 19.1. The number of carbonyl (C=O) groups is 1. The minimum absolute atomic E-state index is 0.257. The first-order valence-corrected chi connectivity index (χ1v) is 11.3. The lowest BCUT2D eigenvalue weighted by molar-refractivity contribution is -0.133. The van der Waals surface area contributed by atoms with E-state index in [2.05, 4.69) is 4.90 Å². The first kappa shape index (κ1) is 24.0. The molecule has 178 valence electrons. The smallest absolute Gasteiger partial charge is 0.234 e. The molecule has 2 atom stereocenters. The zero-order valence-electron chi connectivity index (χ0n) is 18.9. The molecule has 3 aromatic carbocycles. The van der Waals surface area contributed by atoms with Crippen molar-refractivity contribution < 1.29 is 23.1 Å². The summed E-state index contributed by atoms with van der Waals surface area (Å²) in [5, 5.41) is 9.96. The van der Waals surface area contributed by atoms with Gasteiger partial charge in [-0.3, -0.25) is 9.69 Å². The number of hydrogen-bond donors (Lipinski definition) is 1. The fourth-order valence-corrected chi connectivity index (χ4v) is 4.50. The van der Waals surface area contributed by atoms with Gasteiger partial charge in [0.05, 0.1) is 18.1 Å². The molecule has 34 heavy (non-hydrogen) atoms. The van der Waals surface area contributed by atoms with E-state index in [4.69, 9.17) is 0 Å². The van der Waals surface area contributed by atoms with E-state index < -0.39 is 29.7 Å². The molecular formula is C27H27F3N2O2. The molecular weight excluding hydrogens is 441 g/mol. The predicted octanol–water partition coefficient (Wildman–Crippen LogP) is 4.50. The second kappa shape index (κ2) is 10.4. The molecule has 1 heterocycles. The first-order chi connectivity index (χ1) is 16.3. The number of likely N-dealkylation sites (tertiary alicyclic amines) is 1. The van der Waals surface area contributed by atoms with Gasteiger partial charge in [-0.25, -0.2) is 13.2 Å². The third kappa shape index (κ3) is 5.48. The Morgan fingerprint density at radius 3 is 1.74 bits per heavy atom. The zero-order chi connectivity index (χ0) is 24.2. The van der Waals surface area contributed by atoms with Gasteiger partial charge in [0.25, 0.3) is 0 Å². The maximum atomic E-state index is 13.9. The van der Waals surface area contributed by atoms with Crippen molar-refractivity contribution in [3.63, 3.8) is 0 Å². The van der Waals surface area contributed by atoms with Gasteiger partial charge in [0.15, 0.2) is 0 Å². The molecule has 1 amide bonds. The van der Waals surface area contributed by atoms with E-state index in [9.17, 15) is 23.1 Å². The SMILES string of the molecule is CN(C(=O)C(c1ccc(F)cc1)c1ccc(F)cc1)[C@H](CN1CC[C@H](O)C1)c1ccc(F)cc1. The van der Waals surface area contributed by atoms with Crippen molar-refractivity contribution in [2.75, 3.05) is 26.7 Å². The average molecular weight is 469 g/mol. The topological polar surface area (TPSA) is 43.8 Å². The molecule has 0 aromatic heterocycles. The summed E-state index contributed by atoms with van der Waals surface area (Å²) in [5.41, 5.74) is 1.93. The molecule has 0 aliphatic carbocycles. The van der Waals surface area contributed by atoms with E-state index in [1.165, 1.54) is 36.4 Å². The Kier molecular flexibility index (Phi) is 7.34. The van der Waals surface area contributed by atoms with Crippen LogP contribution in [-0.2, 0) is 4.79 Å². The molecule has 1 saturated heterocycles. The van der Waals surface area contributed by atoms with Gasteiger partial charge in [-0.15, -0.1) is 0 Å². The lowest BCUT2D eigenvalue weighted by atomic mass is 9.89. The van der Waals surface area contributed by atoms with E-state index in [0.717, 1.165) is 5.56 Å². The Bertz CT molecular complexity index is 1060. The minimum Gasteiger partial charge on any atom is -0.392 e. The van der Waals surface area contributed by atoms with Gasteiger partial charge in [0.1, 0.15) is 17.5 Å². The summed E-state index contributed by atoms with van der Waals surface area (Å²) < 4.78 is 40.8. The minimum atomic E-state index is -0.779. The van der Waals surface area contributed by atoms with E-state index in [1.807, 2.05) is 0 Å². The normalized spacial score (nSPS) is 17.2. The van der Waals surface area contributed by atoms with Gasteiger partial charge in [-0.1, -0.05) is 36.4 Å². The van der Waals surface area contributed by atoms with Crippen LogP contribution in [0.25, 0.3) is 0 Å². The summed E-state index contributed by atoms with van der Waals surface area (Å²) in [6, 6.07) is 17.0. The first-order valence-electron chi connectivity index (χ1n) is 11.3. The van der Waals surface area contributed by atoms with Crippen LogP contribution < -0.4 is 0 Å². The van der Waals surface area contributed by atoms with Crippen LogP contribution >= 0.6 is 0 Å². The van der Waals surface area contributed by atoms with Gasteiger partial charge in [-0.05, 0) is 59.5 Å². The number of β-amino-alcohol motifs (C(OH)–C–C–N with tert-alkyl or cyclic N) is 1. The molecule has 7 heteroatoms. The van der Waals surface area contributed by atoms with Crippen molar-refractivity contribution in [2.24, 2.45) is 0 Å². The highest BCUT2D eigenvalue weighted by Crippen LogP contribution is 2.32. The highest BCUT2D eigenvalue weighted by Gasteiger charge is 2.33. The highest BCUT2D eigenvalue weighted by molar-refractivity contribution is 5.87. The van der Waals surface area contributed by atoms with Crippen molar-refractivity contribution in [3.05, 3.63) is 107 Å². The Morgan fingerprint density at radius 1 is 0.882 bits per heavy atom. The summed E-state index contributed by atoms with van der Waals surface area (Å²) in [7, 11) is 1.68. The largest absolute Gasteiger partial charge is 0.392 e. The quantitative estimate of drug-likeness (QED) is 0.555. The third-order valence-corrected chi connectivity index (χ3v) is 6.40. The van der Waals surface area contributed by atoms with Crippen molar-refractivity contribution in [3.8, 4) is 0 Å². The van der Waals surface area contributed by atoms with Gasteiger partial charge in [0.2, 0.25) is 5.91 Å². The van der Waals surface area contributed by atoms with Gasteiger partial charge in [-0.2, -0.15) is 0 Å². The fourth-order valence-electron chi connectivity index (χ4n) is 4.50. The molecule has 0 bridgehead atoms. The van der Waals surface area contributed by atoms with Crippen LogP contribution in [0.2, 0.25) is 0 Å². The molecule has 4 rings (SSSR count). The number of aliphatic hydroxyl groups excluding tert-OH is 1. The third-order valence-electron chi connectivity index (χ3n) is 6.40. The van der Waals surface area contributed by atoms with Gasteiger partial charge < -0.3 is 10.0 Å². The fraction of sp³-hybridized carbons (Fsp3) is 0.296. The van der Waals surface area contributed by atoms with E-state index in [-0.39, 0.29) is 11.7 Å². The number of benzene rings is 3. The van der Waals surface area contributed by atoms with Gasteiger partial charge in [0, 0.05) is 26.7 Å². The van der Waals surface area contributed by atoms with E-state index in [0.29, 0.717) is 37.2 Å². The van der Waals surface area contributed by atoms with Crippen molar-refractivity contribution in [1.29, 1.82) is 0 Å². The Labute approximate surface area is 197 Å². The van der Waals surface area contributed by atoms with Crippen molar-refractivity contribution in [2.45, 2.75) is 24.5 Å². The van der Waals surface area contributed by atoms with Crippen LogP contribution in [0.1, 0.15) is 35.1 Å². The Hall–Kier alpha value is -3.16. The summed E-state index contributed by atoms with van der Waals surface area (Å²) in [4.78, 5) is 17.6. The second-order valence-corrected chi connectivity index (χ2v) is 8.75. The van der Waals surface area contributed by atoms with Crippen LogP contribution in [0.15, 0.2) is 72.8 Å². The standard InChI is InChI=1S/C27H27F3N2O2/c1-31(25(17-32-15-14-24(33)16-32)18-2-8-21(28)9-3-18)27(34)26(19-4-10-22(29)11-5-19)20-6-12-23(30)13-7-20/h2-13,24-26,33H,14-17H2,1H3/t24-,25+/m0/s1. The van der Waals surface area contributed by atoms with Crippen LogP contribution in [-0.4, -0.2) is 53.6 Å². The molecule has 0 spiro atoms. The number of rotatable bonds is 7. The van der Waals surface area contributed by atoms with Crippen LogP contribution in [0.4, 0.5) is 13.2 Å². The maximum Gasteiger partial charge on any atom is 0.234 e. The molecule has 3 aromatic rings. The monoisotopic (exact) mass is 468 g/mol. The van der Waals surface area contributed by atoms with Crippen LogP contribution in [0.5, 0.6) is 0 Å². The molecule has 4 nitrogen and oxygen atoms in total. The molecule has 1 fully saturated rings. The summed E-state index contributed by atoms with van der Waals surface area (Å²) >= 11 is 0. The molecule has 0 saturated carbocycles.